The van der Waals surface area contributed by atoms with Crippen LogP contribution in [0, 0.1) is 5.92 Å². The van der Waals surface area contributed by atoms with Crippen LogP contribution in [0.25, 0.3) is 101 Å². The Morgan fingerprint density at radius 2 is 0.986 bits per heavy atom. The van der Waals surface area contributed by atoms with Crippen molar-refractivity contribution in [2.45, 2.75) is 19.3 Å². The average molecular weight is 895 g/mol. The van der Waals surface area contributed by atoms with E-state index in [1.54, 1.807) is 0 Å². The van der Waals surface area contributed by atoms with Crippen LogP contribution in [0.3, 0.4) is 0 Å². The van der Waals surface area contributed by atoms with Crippen molar-refractivity contribution in [3.63, 3.8) is 0 Å². The monoisotopic (exact) mass is 894 g/mol. The summed E-state index contributed by atoms with van der Waals surface area (Å²) in [5.41, 5.74) is 20.1. The Balaban J connectivity index is 0.845. The fourth-order valence-corrected chi connectivity index (χ4v) is 11.5. The summed E-state index contributed by atoms with van der Waals surface area (Å²) in [6, 6.07) is 66.6. The van der Waals surface area contributed by atoms with Crippen LogP contribution in [-0.4, -0.2) is 18.8 Å². The van der Waals surface area contributed by atoms with Gasteiger partial charge in [-0.3, -0.25) is 0 Å². The summed E-state index contributed by atoms with van der Waals surface area (Å²) in [7, 11) is 0. The first-order valence-electron chi connectivity index (χ1n) is 24.5. The lowest BCUT2D eigenvalue weighted by Gasteiger charge is -2.31. The first-order chi connectivity index (χ1) is 34.7. The number of pyridine rings is 2. The first kappa shape index (κ1) is 40.2. The smallest absolute Gasteiger partial charge is 0.138 e. The van der Waals surface area contributed by atoms with E-state index in [-0.39, 0.29) is 5.92 Å². The van der Waals surface area contributed by atoms with Crippen LogP contribution in [0.1, 0.15) is 30.4 Å². The maximum Gasteiger partial charge on any atom is 0.138 e. The highest BCUT2D eigenvalue weighted by molar-refractivity contribution is 6.06. The van der Waals surface area contributed by atoms with Crippen molar-refractivity contribution < 1.29 is 0 Å². The van der Waals surface area contributed by atoms with Gasteiger partial charge >= 0.3 is 0 Å². The lowest BCUT2D eigenvalue weighted by molar-refractivity contribution is 0.798. The van der Waals surface area contributed by atoms with E-state index in [0.29, 0.717) is 0 Å². The number of rotatable bonds is 7. The zero-order chi connectivity index (χ0) is 46.1. The molecule has 4 nitrogen and oxygen atoms in total. The molecule has 0 bridgehead atoms. The Morgan fingerprint density at radius 1 is 0.429 bits per heavy atom. The normalized spacial score (nSPS) is 15.0. The number of benzene rings is 7. The third kappa shape index (κ3) is 6.67. The zero-order valence-electron chi connectivity index (χ0n) is 38.5. The van der Waals surface area contributed by atoms with Gasteiger partial charge in [0.2, 0.25) is 0 Å². The predicted molar refractivity (Wildman–Crippen MR) is 289 cm³/mol. The van der Waals surface area contributed by atoms with E-state index in [9.17, 15) is 0 Å². The van der Waals surface area contributed by atoms with E-state index in [1.807, 2.05) is 12.1 Å². The number of allylic oxidation sites excluding steroid dienone is 4. The molecule has 1 atom stereocenters. The fraction of sp³-hybridized carbons (Fsp3) is 0.0606. The average Bonchev–Trinajstić information content (AvgIpc) is 4.07. The molecular weight excluding hydrogens is 849 g/mol. The molecule has 0 saturated heterocycles. The first-order valence-corrected chi connectivity index (χ1v) is 24.5. The summed E-state index contributed by atoms with van der Waals surface area (Å²) >= 11 is 0. The Labute approximate surface area is 405 Å². The molecule has 14 rings (SSSR count). The minimum atomic E-state index is 0.242. The van der Waals surface area contributed by atoms with Crippen molar-refractivity contribution in [2.24, 2.45) is 5.92 Å². The van der Waals surface area contributed by atoms with E-state index in [0.717, 1.165) is 53.1 Å². The fourth-order valence-electron chi connectivity index (χ4n) is 11.5. The van der Waals surface area contributed by atoms with Gasteiger partial charge in [0.05, 0.1) is 11.4 Å². The largest absolute Gasteiger partial charge is 0.306 e. The van der Waals surface area contributed by atoms with E-state index < -0.39 is 0 Å². The van der Waals surface area contributed by atoms with Crippen LogP contribution in [0.4, 0.5) is 0 Å². The number of hydrogen-bond donors (Lipinski definition) is 0. The maximum absolute atomic E-state index is 5.08. The Kier molecular flexibility index (Phi) is 9.44. The van der Waals surface area contributed by atoms with Crippen molar-refractivity contribution in [2.75, 3.05) is 0 Å². The van der Waals surface area contributed by atoms with Crippen LogP contribution in [0.15, 0.2) is 231 Å². The topological polar surface area (TPSA) is 34.6 Å². The third-order valence-corrected chi connectivity index (χ3v) is 14.8. The van der Waals surface area contributed by atoms with Crippen molar-refractivity contribution >= 4 is 45.4 Å². The van der Waals surface area contributed by atoms with Gasteiger partial charge in [0.15, 0.2) is 0 Å². The molecule has 0 aliphatic heterocycles. The molecule has 7 aromatic carbocycles. The molecule has 0 spiro atoms. The van der Waals surface area contributed by atoms with E-state index in [2.05, 4.69) is 234 Å². The number of fused-ring (bicyclic) bond motifs is 6. The summed E-state index contributed by atoms with van der Waals surface area (Å²) in [5, 5.41) is 7.79. The van der Waals surface area contributed by atoms with Gasteiger partial charge in [-0.25, -0.2) is 9.97 Å². The zero-order valence-corrected chi connectivity index (χ0v) is 38.5. The second kappa shape index (κ2) is 16.4. The highest BCUT2D eigenvalue weighted by Gasteiger charge is 2.29. The van der Waals surface area contributed by atoms with Gasteiger partial charge in [0.25, 0.3) is 0 Å². The van der Waals surface area contributed by atoms with Crippen LogP contribution >= 0.6 is 0 Å². The number of nitrogens with zero attached hydrogens (tertiary/aromatic N) is 4. The van der Waals surface area contributed by atoms with Crippen LogP contribution in [-0.2, 0) is 0 Å². The molecule has 4 heterocycles. The lowest BCUT2D eigenvalue weighted by Crippen LogP contribution is -2.37. The molecule has 0 amide bonds. The lowest BCUT2D eigenvalue weighted by atomic mass is 9.72. The van der Waals surface area contributed by atoms with Crippen molar-refractivity contribution in [3.05, 3.63) is 263 Å². The van der Waals surface area contributed by atoms with E-state index in [4.69, 9.17) is 9.97 Å². The molecule has 3 aliphatic rings. The highest BCUT2D eigenvalue weighted by Crippen LogP contribution is 2.42. The minimum absolute atomic E-state index is 0.242. The van der Waals surface area contributed by atoms with Crippen molar-refractivity contribution in [1.82, 2.24) is 18.8 Å². The van der Waals surface area contributed by atoms with Gasteiger partial charge in [-0.2, -0.15) is 0 Å². The molecule has 330 valence electrons. The quantitative estimate of drug-likeness (QED) is 0.160. The van der Waals surface area contributed by atoms with Gasteiger partial charge in [-0.1, -0.05) is 188 Å². The van der Waals surface area contributed by atoms with Gasteiger partial charge < -0.3 is 8.80 Å². The summed E-state index contributed by atoms with van der Waals surface area (Å²) in [5.74, 6) is 0.242. The molecule has 4 aromatic heterocycles. The van der Waals surface area contributed by atoms with Gasteiger partial charge in [-0.05, 0) is 136 Å². The van der Waals surface area contributed by atoms with E-state index >= 15 is 0 Å². The predicted octanol–water partition coefficient (Wildman–Crippen LogP) is 12.7. The van der Waals surface area contributed by atoms with Crippen molar-refractivity contribution in [1.29, 1.82) is 0 Å². The second-order valence-electron chi connectivity index (χ2n) is 18.8. The SMILES string of the molecule is C1=CCC2C(=C1)C(c1ccc(-c3c4c(c(-c5ccc(-c6cn7ccc(-c8ccccc8)cc7n6)cc5)c5ccccc35)=CCCC=4)cc1)=c1ccccc1=C2c1ccc(-c2cn3ccccc3n2)cc1. The number of imidazole rings is 2. The van der Waals surface area contributed by atoms with E-state index in [1.165, 1.54) is 92.9 Å². The number of aromatic nitrogens is 4. The number of hydrogen-bond acceptors (Lipinski definition) is 2. The standard InChI is InChI=1S/C66H46N4/c1-2-14-43(15-3-1)50-37-39-70-42-60(68-62(70)40-50)45-27-31-47(32-28-45)64-53-18-6-10-22-57(53)66(58-23-11-7-19-54(58)64)49-35-33-48(34-36-49)65-55-20-8-4-16-51(55)63(52-17-5-9-21-56(52)65)46-29-25-44(26-30-46)59-41-69-38-13-12-24-61(69)67-59/h1-6,8-10,12-16,18-42,52H,7,11,17H2. The molecule has 0 saturated carbocycles. The summed E-state index contributed by atoms with van der Waals surface area (Å²) < 4.78 is 4.20. The molecular formula is C66H46N4. The highest BCUT2D eigenvalue weighted by atomic mass is 15.0. The minimum Gasteiger partial charge on any atom is -0.306 e. The van der Waals surface area contributed by atoms with Gasteiger partial charge in [0.1, 0.15) is 11.3 Å². The van der Waals surface area contributed by atoms with Crippen LogP contribution in [0.5, 0.6) is 0 Å². The Morgan fingerprint density at radius 3 is 1.66 bits per heavy atom. The molecule has 3 aliphatic carbocycles. The Bertz CT molecular complexity index is 4190. The second-order valence-corrected chi connectivity index (χ2v) is 18.8. The Hall–Kier alpha value is -8.86. The molecule has 0 N–H and O–H groups in total. The molecule has 70 heavy (non-hydrogen) atoms. The summed E-state index contributed by atoms with van der Waals surface area (Å²) in [6.45, 7) is 0. The van der Waals surface area contributed by atoms with Crippen molar-refractivity contribution in [3.8, 4) is 55.9 Å². The molecule has 0 radical (unpaired) electrons. The molecule has 0 fully saturated rings. The maximum atomic E-state index is 5.08. The summed E-state index contributed by atoms with van der Waals surface area (Å²) in [6.07, 6.45) is 23.3. The van der Waals surface area contributed by atoms with Crippen LogP contribution < -0.4 is 20.9 Å². The molecule has 4 heteroatoms. The summed E-state index contributed by atoms with van der Waals surface area (Å²) in [4.78, 5) is 9.98. The molecule has 1 unspecified atom stereocenters. The van der Waals surface area contributed by atoms with Crippen LogP contribution in [0.2, 0.25) is 0 Å². The third-order valence-electron chi connectivity index (χ3n) is 14.8. The van der Waals surface area contributed by atoms with Gasteiger partial charge in [-0.15, -0.1) is 0 Å². The molecule has 11 aromatic rings. The van der Waals surface area contributed by atoms with Gasteiger partial charge in [0, 0.05) is 41.8 Å².